The molecule has 2 heterocycles. The van der Waals surface area contributed by atoms with E-state index in [1.54, 1.807) is 13.2 Å². The van der Waals surface area contributed by atoms with E-state index in [9.17, 15) is 14.4 Å². The monoisotopic (exact) mass is 452 g/mol. The van der Waals surface area contributed by atoms with Crippen molar-refractivity contribution in [2.45, 2.75) is 57.8 Å². The number of thiophene rings is 1. The number of carbonyl (C=O) groups excluding carboxylic acids is 3. The third kappa shape index (κ3) is 5.57. The van der Waals surface area contributed by atoms with Gasteiger partial charge < -0.3 is 19.1 Å². The number of rotatable bonds is 7. The quantitative estimate of drug-likeness (QED) is 0.461. The number of amides is 1. The van der Waals surface area contributed by atoms with Crippen LogP contribution in [0.1, 0.15) is 56.1 Å². The summed E-state index contributed by atoms with van der Waals surface area (Å²) in [6.45, 7) is 6.66. The lowest BCUT2D eigenvalue weighted by Crippen LogP contribution is -2.60. The summed E-state index contributed by atoms with van der Waals surface area (Å²) in [5.74, 6) is -0.248. The van der Waals surface area contributed by atoms with Gasteiger partial charge in [-0.3, -0.25) is 9.69 Å². The maximum Gasteiger partial charge on any atom is 0.412 e. The molecule has 1 aliphatic heterocycles. The number of ether oxygens (including phenoxy) is 3. The third-order valence-electron chi connectivity index (χ3n) is 5.67. The number of carbonyl (C=O) groups is 3. The number of methoxy groups -OCH3 is 2. The van der Waals surface area contributed by atoms with Gasteiger partial charge in [-0.1, -0.05) is 0 Å². The number of hydrogen-bond donors (Lipinski definition) is 0. The van der Waals surface area contributed by atoms with Crippen molar-refractivity contribution >= 4 is 34.2 Å². The van der Waals surface area contributed by atoms with Gasteiger partial charge >= 0.3 is 12.1 Å². The molecule has 8 nitrogen and oxygen atoms in total. The second-order valence-corrected chi connectivity index (χ2v) is 10.1. The predicted molar refractivity (Wildman–Crippen MR) is 118 cm³/mol. The van der Waals surface area contributed by atoms with E-state index in [0.29, 0.717) is 30.8 Å². The van der Waals surface area contributed by atoms with Crippen LogP contribution >= 0.6 is 11.3 Å². The zero-order chi connectivity index (χ0) is 22.8. The van der Waals surface area contributed by atoms with Crippen LogP contribution in [-0.2, 0) is 19.0 Å². The summed E-state index contributed by atoms with van der Waals surface area (Å²) in [7, 11) is 2.94. The zero-order valence-electron chi connectivity index (χ0n) is 18.9. The lowest BCUT2D eigenvalue weighted by molar-refractivity contribution is -0.152. The average molecular weight is 453 g/mol. The molecule has 0 unspecified atom stereocenters. The van der Waals surface area contributed by atoms with E-state index in [2.05, 4.69) is 4.90 Å². The van der Waals surface area contributed by atoms with E-state index in [1.165, 1.54) is 23.3 Å². The molecule has 2 aliphatic rings. The molecular formula is C22H32N2O6S. The third-order valence-corrected chi connectivity index (χ3v) is 6.79. The molecule has 1 saturated heterocycles. The SMILES string of the molecule is COC(=O)c1ccc(N2CCC(OC)(N(CC(=O)C3CC3)C(=O)OC(C)(C)C)CC2)s1. The fraction of sp³-hybridized carbons (Fsp3) is 0.682. The molecule has 2 fully saturated rings. The molecular weight excluding hydrogens is 420 g/mol. The smallest absolute Gasteiger partial charge is 0.412 e. The van der Waals surface area contributed by atoms with Crippen molar-refractivity contribution in [3.05, 3.63) is 17.0 Å². The maximum absolute atomic E-state index is 13.1. The molecule has 9 heteroatoms. The highest BCUT2D eigenvalue weighted by Crippen LogP contribution is 2.37. The van der Waals surface area contributed by atoms with Gasteiger partial charge in [0.1, 0.15) is 16.2 Å². The van der Waals surface area contributed by atoms with Crippen LogP contribution in [0.4, 0.5) is 9.80 Å². The topological polar surface area (TPSA) is 85.4 Å². The van der Waals surface area contributed by atoms with E-state index >= 15 is 0 Å². The molecule has 3 rings (SSSR count). The molecule has 1 saturated carbocycles. The minimum atomic E-state index is -0.911. The van der Waals surface area contributed by atoms with Gasteiger partial charge in [0.15, 0.2) is 5.78 Å². The van der Waals surface area contributed by atoms with Crippen LogP contribution < -0.4 is 4.90 Å². The summed E-state index contributed by atoms with van der Waals surface area (Å²) in [5.41, 5.74) is -1.58. The second-order valence-electron chi connectivity index (χ2n) is 9.07. The van der Waals surface area contributed by atoms with Gasteiger partial charge in [-0.2, -0.15) is 0 Å². The van der Waals surface area contributed by atoms with Gasteiger partial charge in [0.25, 0.3) is 0 Å². The van der Waals surface area contributed by atoms with Crippen molar-refractivity contribution in [3.8, 4) is 0 Å². The Morgan fingerprint density at radius 1 is 1.16 bits per heavy atom. The van der Waals surface area contributed by atoms with Crippen molar-refractivity contribution in [2.24, 2.45) is 5.92 Å². The number of Topliss-reactive ketones (excluding diaryl/α,β-unsaturated/α-hetero) is 1. The normalized spacial score (nSPS) is 18.4. The summed E-state index contributed by atoms with van der Waals surface area (Å²) in [6, 6.07) is 3.66. The summed E-state index contributed by atoms with van der Waals surface area (Å²) < 4.78 is 16.3. The number of ketones is 1. The molecule has 31 heavy (non-hydrogen) atoms. The highest BCUT2D eigenvalue weighted by atomic mass is 32.1. The number of nitrogens with zero attached hydrogens (tertiary/aromatic N) is 2. The van der Waals surface area contributed by atoms with E-state index < -0.39 is 17.4 Å². The molecule has 1 aromatic heterocycles. The van der Waals surface area contributed by atoms with Crippen LogP contribution in [0, 0.1) is 5.92 Å². The molecule has 1 aromatic rings. The van der Waals surface area contributed by atoms with E-state index in [1.807, 2.05) is 26.8 Å². The lowest BCUT2D eigenvalue weighted by Gasteiger charge is -2.47. The first-order valence-electron chi connectivity index (χ1n) is 10.6. The molecule has 172 valence electrons. The Balaban J connectivity index is 1.76. The van der Waals surface area contributed by atoms with E-state index in [0.717, 1.165) is 17.8 Å². The van der Waals surface area contributed by atoms with Crippen molar-refractivity contribution in [1.29, 1.82) is 0 Å². The van der Waals surface area contributed by atoms with Gasteiger partial charge in [-0.05, 0) is 45.7 Å². The summed E-state index contributed by atoms with van der Waals surface area (Å²) in [5, 5.41) is 0.961. The fourth-order valence-electron chi connectivity index (χ4n) is 3.75. The highest BCUT2D eigenvalue weighted by Gasteiger charge is 2.46. The average Bonchev–Trinajstić information content (AvgIpc) is 3.47. The van der Waals surface area contributed by atoms with Crippen molar-refractivity contribution in [1.82, 2.24) is 4.90 Å². The standard InChI is InChI=1S/C22H32N2O6S/c1-21(2,3)30-20(27)24(14-16(25)15-6-7-15)22(29-5)10-12-23(13-11-22)18-9-8-17(31-18)19(26)28-4/h8-9,15H,6-7,10-14H2,1-5H3. The Hall–Kier alpha value is -2.13. The molecule has 0 aromatic carbocycles. The van der Waals surface area contributed by atoms with E-state index in [-0.39, 0.29) is 24.2 Å². The van der Waals surface area contributed by atoms with Gasteiger partial charge in [0.05, 0.1) is 18.7 Å². The summed E-state index contributed by atoms with van der Waals surface area (Å²) in [4.78, 5) is 41.6. The number of esters is 1. The summed E-state index contributed by atoms with van der Waals surface area (Å²) >= 11 is 1.38. The molecule has 1 amide bonds. The first-order valence-corrected chi connectivity index (χ1v) is 11.4. The van der Waals surface area contributed by atoms with Crippen molar-refractivity contribution in [2.75, 3.05) is 38.8 Å². The van der Waals surface area contributed by atoms with Crippen LogP contribution in [-0.4, -0.2) is 67.9 Å². The molecule has 0 N–H and O–H groups in total. The fourth-order valence-corrected chi connectivity index (χ4v) is 4.73. The van der Waals surface area contributed by atoms with Gasteiger partial charge in [-0.25, -0.2) is 9.59 Å². The minimum absolute atomic E-state index is 0.00108. The van der Waals surface area contributed by atoms with Crippen LogP contribution in [0.3, 0.4) is 0 Å². The largest absolute Gasteiger partial charge is 0.465 e. The lowest BCUT2D eigenvalue weighted by atomic mass is 9.97. The molecule has 0 bridgehead atoms. The number of piperidine rings is 1. The Morgan fingerprint density at radius 2 is 1.81 bits per heavy atom. The first-order chi connectivity index (χ1) is 14.6. The van der Waals surface area contributed by atoms with Crippen LogP contribution in [0.2, 0.25) is 0 Å². The zero-order valence-corrected chi connectivity index (χ0v) is 19.8. The number of hydrogen-bond acceptors (Lipinski definition) is 8. The minimum Gasteiger partial charge on any atom is -0.465 e. The summed E-state index contributed by atoms with van der Waals surface area (Å²) in [6.07, 6.45) is 2.28. The molecule has 0 spiro atoms. The van der Waals surface area contributed by atoms with Gasteiger partial charge in [-0.15, -0.1) is 11.3 Å². The van der Waals surface area contributed by atoms with E-state index in [4.69, 9.17) is 14.2 Å². The predicted octanol–water partition coefficient (Wildman–Crippen LogP) is 3.69. The second kappa shape index (κ2) is 9.16. The van der Waals surface area contributed by atoms with Gasteiger partial charge in [0, 0.05) is 39.0 Å². The first kappa shape index (κ1) is 23.5. The van der Waals surface area contributed by atoms with Crippen LogP contribution in [0.5, 0.6) is 0 Å². The Kier molecular flexibility index (Phi) is 6.95. The Labute approximate surface area is 187 Å². The Bertz CT molecular complexity index is 818. The van der Waals surface area contributed by atoms with Crippen LogP contribution in [0.15, 0.2) is 12.1 Å². The highest BCUT2D eigenvalue weighted by molar-refractivity contribution is 7.17. The van der Waals surface area contributed by atoms with Crippen LogP contribution in [0.25, 0.3) is 0 Å². The molecule has 1 aliphatic carbocycles. The maximum atomic E-state index is 13.1. The van der Waals surface area contributed by atoms with Gasteiger partial charge in [0.2, 0.25) is 0 Å². The number of anilines is 1. The molecule has 0 atom stereocenters. The van der Waals surface area contributed by atoms with Crippen molar-refractivity contribution in [3.63, 3.8) is 0 Å². The Morgan fingerprint density at radius 3 is 2.32 bits per heavy atom. The van der Waals surface area contributed by atoms with Crippen molar-refractivity contribution < 1.29 is 28.6 Å². The molecule has 0 radical (unpaired) electrons.